The van der Waals surface area contributed by atoms with Gasteiger partial charge < -0.3 is 10.5 Å². The number of nitrogens with two attached hydrogens (primary N) is 1. The van der Waals surface area contributed by atoms with Gasteiger partial charge in [-0.15, -0.1) is 0 Å². The van der Waals surface area contributed by atoms with Crippen LogP contribution in [-0.2, 0) is 0 Å². The van der Waals surface area contributed by atoms with E-state index in [1.54, 1.807) is 0 Å². The van der Waals surface area contributed by atoms with Gasteiger partial charge >= 0.3 is 0 Å². The van der Waals surface area contributed by atoms with Crippen molar-refractivity contribution in [1.82, 2.24) is 9.97 Å². The Morgan fingerprint density at radius 1 is 1.00 bits per heavy atom. The molecule has 106 valence electrons. The van der Waals surface area contributed by atoms with Gasteiger partial charge in [0.2, 0.25) is 5.88 Å². The summed E-state index contributed by atoms with van der Waals surface area (Å²) in [6, 6.07) is 4.55. The maximum absolute atomic E-state index is 6.05. The summed E-state index contributed by atoms with van der Waals surface area (Å²) < 4.78 is 5.61. The average Bonchev–Trinajstić information content (AvgIpc) is 2.35. The van der Waals surface area contributed by atoms with Crippen molar-refractivity contribution < 1.29 is 4.74 Å². The first-order valence-corrected chi connectivity index (χ1v) is 6.97. The molecule has 0 radical (unpaired) electrons. The molecule has 2 N–H and O–H groups in total. The number of benzene rings is 1. The van der Waals surface area contributed by atoms with E-state index in [-0.39, 0.29) is 5.92 Å². The minimum absolute atomic E-state index is 0.130. The van der Waals surface area contributed by atoms with Crippen molar-refractivity contribution in [2.75, 3.05) is 5.73 Å². The third-order valence-electron chi connectivity index (χ3n) is 2.45. The molecule has 0 saturated carbocycles. The van der Waals surface area contributed by atoms with Crippen LogP contribution in [0, 0.1) is 0 Å². The van der Waals surface area contributed by atoms with E-state index in [0.29, 0.717) is 38.3 Å². The summed E-state index contributed by atoms with van der Waals surface area (Å²) >= 11 is 17.9. The lowest BCUT2D eigenvalue weighted by Gasteiger charge is -2.11. The van der Waals surface area contributed by atoms with E-state index in [1.165, 1.54) is 18.2 Å². The summed E-state index contributed by atoms with van der Waals surface area (Å²) in [4.78, 5) is 8.41. The molecule has 1 heterocycles. The number of nitrogen functional groups attached to an aromatic ring is 1. The van der Waals surface area contributed by atoms with Crippen LogP contribution in [0.1, 0.15) is 25.6 Å². The fourth-order valence-electron chi connectivity index (χ4n) is 1.47. The Morgan fingerprint density at radius 2 is 1.65 bits per heavy atom. The summed E-state index contributed by atoms with van der Waals surface area (Å²) in [5.41, 5.74) is 5.73. The number of anilines is 1. The lowest BCUT2D eigenvalue weighted by molar-refractivity contribution is 0.457. The van der Waals surface area contributed by atoms with E-state index >= 15 is 0 Å². The molecule has 4 nitrogen and oxygen atoms in total. The molecule has 7 heteroatoms. The summed E-state index contributed by atoms with van der Waals surface area (Å²) in [6.07, 6.45) is 0. The van der Waals surface area contributed by atoms with E-state index in [4.69, 9.17) is 45.3 Å². The summed E-state index contributed by atoms with van der Waals surface area (Å²) in [7, 11) is 0. The average molecular weight is 333 g/mol. The predicted octanol–water partition coefficient (Wildman–Crippen LogP) is 4.93. The molecule has 0 aliphatic carbocycles. The van der Waals surface area contributed by atoms with Crippen LogP contribution in [0.2, 0.25) is 15.1 Å². The third-order valence-corrected chi connectivity index (χ3v) is 3.46. The lowest BCUT2D eigenvalue weighted by atomic mass is 10.2. The zero-order valence-corrected chi connectivity index (χ0v) is 13.1. The van der Waals surface area contributed by atoms with Gasteiger partial charge in [0.1, 0.15) is 17.4 Å². The Bertz CT molecular complexity index is 647. The molecule has 1 aromatic heterocycles. The first-order chi connectivity index (χ1) is 9.36. The van der Waals surface area contributed by atoms with E-state index in [2.05, 4.69) is 9.97 Å². The number of halogens is 3. The topological polar surface area (TPSA) is 61.0 Å². The summed E-state index contributed by atoms with van der Waals surface area (Å²) in [5, 5.41) is 1.04. The molecule has 20 heavy (non-hydrogen) atoms. The van der Waals surface area contributed by atoms with Crippen molar-refractivity contribution in [3.05, 3.63) is 39.1 Å². The van der Waals surface area contributed by atoms with Crippen LogP contribution < -0.4 is 10.5 Å². The van der Waals surface area contributed by atoms with Crippen molar-refractivity contribution in [3.8, 4) is 11.6 Å². The number of hydrogen-bond acceptors (Lipinski definition) is 4. The SMILES string of the molecule is CC(C)c1nc(N)cc(Oc2cc(Cl)c(Cl)cc2Cl)n1. The molecule has 0 spiro atoms. The van der Waals surface area contributed by atoms with Crippen LogP contribution in [0.15, 0.2) is 18.2 Å². The van der Waals surface area contributed by atoms with Crippen LogP contribution in [0.4, 0.5) is 5.82 Å². The molecule has 2 rings (SSSR count). The van der Waals surface area contributed by atoms with E-state index in [0.717, 1.165) is 0 Å². The Hall–Kier alpha value is -1.23. The van der Waals surface area contributed by atoms with E-state index in [9.17, 15) is 0 Å². The highest BCUT2D eigenvalue weighted by atomic mass is 35.5. The van der Waals surface area contributed by atoms with Crippen LogP contribution in [0.5, 0.6) is 11.6 Å². The van der Waals surface area contributed by atoms with Crippen molar-refractivity contribution in [2.45, 2.75) is 19.8 Å². The van der Waals surface area contributed by atoms with Gasteiger partial charge in [-0.2, -0.15) is 4.98 Å². The minimum Gasteiger partial charge on any atom is -0.437 e. The maximum Gasteiger partial charge on any atom is 0.224 e. The standard InChI is InChI=1S/C13H12Cl3N3O/c1-6(2)13-18-11(17)5-12(19-13)20-10-4-8(15)7(14)3-9(10)16/h3-6H,1-2H3,(H2,17,18,19). The van der Waals surface area contributed by atoms with Crippen molar-refractivity contribution in [1.29, 1.82) is 0 Å². The van der Waals surface area contributed by atoms with Gasteiger partial charge in [0.05, 0.1) is 15.1 Å². The summed E-state index contributed by atoms with van der Waals surface area (Å²) in [6.45, 7) is 3.93. The van der Waals surface area contributed by atoms with Gasteiger partial charge in [0, 0.05) is 18.1 Å². The zero-order chi connectivity index (χ0) is 14.9. The molecule has 0 aliphatic rings. The van der Waals surface area contributed by atoms with Crippen molar-refractivity contribution >= 4 is 40.6 Å². The molecule has 0 unspecified atom stereocenters. The van der Waals surface area contributed by atoms with Gasteiger partial charge in [-0.25, -0.2) is 4.98 Å². The van der Waals surface area contributed by atoms with Gasteiger partial charge in [-0.05, 0) is 6.07 Å². The Labute approximate surface area is 131 Å². The quantitative estimate of drug-likeness (QED) is 0.809. The molecule has 1 aromatic carbocycles. The zero-order valence-electron chi connectivity index (χ0n) is 10.8. The van der Waals surface area contributed by atoms with Crippen LogP contribution in [-0.4, -0.2) is 9.97 Å². The molecular weight excluding hydrogens is 321 g/mol. The Morgan fingerprint density at radius 3 is 2.30 bits per heavy atom. The van der Waals surface area contributed by atoms with E-state index in [1.807, 2.05) is 13.8 Å². The second kappa shape index (κ2) is 6.04. The second-order valence-corrected chi connectivity index (χ2v) is 5.66. The van der Waals surface area contributed by atoms with Crippen LogP contribution in [0.3, 0.4) is 0 Å². The fraction of sp³-hybridized carbons (Fsp3) is 0.231. The molecule has 0 aliphatic heterocycles. The number of rotatable bonds is 3. The predicted molar refractivity (Wildman–Crippen MR) is 82.1 cm³/mol. The molecular formula is C13H12Cl3N3O. The molecule has 2 aromatic rings. The molecule has 0 atom stereocenters. The van der Waals surface area contributed by atoms with Gasteiger partial charge in [0.25, 0.3) is 0 Å². The number of aromatic nitrogens is 2. The second-order valence-electron chi connectivity index (χ2n) is 4.44. The highest BCUT2D eigenvalue weighted by Gasteiger charge is 2.12. The van der Waals surface area contributed by atoms with Crippen LogP contribution >= 0.6 is 34.8 Å². The summed E-state index contributed by atoms with van der Waals surface area (Å²) in [5.74, 6) is 1.71. The Balaban J connectivity index is 2.37. The monoisotopic (exact) mass is 331 g/mol. The number of ether oxygens (including phenoxy) is 1. The van der Waals surface area contributed by atoms with E-state index < -0.39 is 0 Å². The van der Waals surface area contributed by atoms with Crippen molar-refractivity contribution in [2.24, 2.45) is 0 Å². The highest BCUT2D eigenvalue weighted by Crippen LogP contribution is 2.36. The Kier molecular flexibility index (Phi) is 4.58. The minimum atomic E-state index is 0.130. The van der Waals surface area contributed by atoms with Crippen molar-refractivity contribution in [3.63, 3.8) is 0 Å². The maximum atomic E-state index is 6.05. The van der Waals surface area contributed by atoms with Crippen LogP contribution in [0.25, 0.3) is 0 Å². The van der Waals surface area contributed by atoms with Gasteiger partial charge in [-0.1, -0.05) is 48.7 Å². The molecule has 0 amide bonds. The lowest BCUT2D eigenvalue weighted by Crippen LogP contribution is -2.03. The normalized spacial score (nSPS) is 10.9. The molecule has 0 bridgehead atoms. The smallest absolute Gasteiger partial charge is 0.224 e. The molecule has 0 saturated heterocycles. The third kappa shape index (κ3) is 3.45. The fourth-order valence-corrected chi connectivity index (χ4v) is 2.04. The molecule has 0 fully saturated rings. The first-order valence-electron chi connectivity index (χ1n) is 5.83. The number of hydrogen-bond donors (Lipinski definition) is 1. The van der Waals surface area contributed by atoms with Gasteiger partial charge in [-0.3, -0.25) is 0 Å². The number of nitrogens with zero attached hydrogens (tertiary/aromatic N) is 2. The largest absolute Gasteiger partial charge is 0.437 e. The van der Waals surface area contributed by atoms with Gasteiger partial charge in [0.15, 0.2) is 0 Å². The highest BCUT2D eigenvalue weighted by molar-refractivity contribution is 6.43. The first kappa shape index (κ1) is 15.2.